The molecule has 2 aromatic carbocycles. The molecular weight excluding hydrogens is 339 g/mol. The van der Waals surface area contributed by atoms with Crippen LogP contribution in [0, 0.1) is 5.82 Å². The van der Waals surface area contributed by atoms with Crippen LogP contribution in [0.25, 0.3) is 0 Å². The number of rotatable bonds is 6. The molecule has 0 unspecified atom stereocenters. The lowest BCUT2D eigenvalue weighted by molar-refractivity contribution is -0.153. The Bertz CT molecular complexity index is 780. The largest absolute Gasteiger partial charge is 0.452 e. The van der Waals surface area contributed by atoms with Gasteiger partial charge in [0.2, 0.25) is 0 Å². The molecule has 0 radical (unpaired) electrons. The molecule has 0 aliphatic heterocycles. The Morgan fingerprint density at radius 1 is 1.04 bits per heavy atom. The SMILES string of the molecule is C[C@@H](OC(=O)Cc1ccccc1F)C(=O)NC(=O)NCc1ccccc1. The Hall–Kier alpha value is -3.22. The average Bonchev–Trinajstić information content (AvgIpc) is 2.62. The highest BCUT2D eigenvalue weighted by molar-refractivity contribution is 5.97. The van der Waals surface area contributed by atoms with E-state index in [-0.39, 0.29) is 18.5 Å². The molecule has 0 aromatic heterocycles. The maximum absolute atomic E-state index is 13.5. The molecule has 2 aromatic rings. The van der Waals surface area contributed by atoms with Crippen molar-refractivity contribution in [3.63, 3.8) is 0 Å². The Morgan fingerprint density at radius 2 is 1.69 bits per heavy atom. The molecule has 0 fully saturated rings. The van der Waals surface area contributed by atoms with Crippen LogP contribution in [0.3, 0.4) is 0 Å². The number of urea groups is 1. The van der Waals surface area contributed by atoms with Gasteiger partial charge in [0.15, 0.2) is 6.10 Å². The number of esters is 1. The maximum atomic E-state index is 13.5. The lowest BCUT2D eigenvalue weighted by Crippen LogP contribution is -2.44. The van der Waals surface area contributed by atoms with Gasteiger partial charge < -0.3 is 10.1 Å². The zero-order valence-corrected chi connectivity index (χ0v) is 14.2. The van der Waals surface area contributed by atoms with Gasteiger partial charge in [0.05, 0.1) is 6.42 Å². The predicted molar refractivity (Wildman–Crippen MR) is 92.5 cm³/mol. The highest BCUT2D eigenvalue weighted by atomic mass is 19.1. The summed E-state index contributed by atoms with van der Waals surface area (Å²) in [5, 5.41) is 4.61. The number of amides is 3. The van der Waals surface area contributed by atoms with Crippen molar-refractivity contribution in [1.82, 2.24) is 10.6 Å². The molecule has 0 bridgehead atoms. The second-order valence-corrected chi connectivity index (χ2v) is 5.56. The van der Waals surface area contributed by atoms with Gasteiger partial charge in [-0.05, 0) is 24.1 Å². The van der Waals surface area contributed by atoms with E-state index in [1.165, 1.54) is 25.1 Å². The Morgan fingerprint density at radius 3 is 2.38 bits per heavy atom. The fraction of sp³-hybridized carbons (Fsp3) is 0.211. The fourth-order valence-corrected chi connectivity index (χ4v) is 2.13. The van der Waals surface area contributed by atoms with Gasteiger partial charge in [-0.2, -0.15) is 0 Å². The standard InChI is InChI=1S/C19H19FN2O4/c1-13(26-17(23)11-15-9-5-6-10-16(15)20)18(24)22-19(25)21-12-14-7-3-2-4-8-14/h2-10,13H,11-12H2,1H3,(H2,21,22,24,25)/t13-/m1/s1. The minimum Gasteiger partial charge on any atom is -0.452 e. The number of carbonyl (C=O) groups excluding carboxylic acids is 3. The quantitative estimate of drug-likeness (QED) is 0.776. The number of benzene rings is 2. The Balaban J connectivity index is 1.76. The van der Waals surface area contributed by atoms with Gasteiger partial charge >= 0.3 is 12.0 Å². The van der Waals surface area contributed by atoms with Crippen molar-refractivity contribution >= 4 is 17.9 Å². The Kier molecular flexibility index (Phi) is 6.84. The smallest absolute Gasteiger partial charge is 0.321 e. The second kappa shape index (κ2) is 9.31. The minimum atomic E-state index is -1.18. The van der Waals surface area contributed by atoms with Crippen molar-refractivity contribution in [2.45, 2.75) is 26.0 Å². The van der Waals surface area contributed by atoms with Gasteiger partial charge in [-0.1, -0.05) is 48.5 Å². The van der Waals surface area contributed by atoms with Crippen molar-refractivity contribution in [2.75, 3.05) is 0 Å². The lowest BCUT2D eigenvalue weighted by Gasteiger charge is -2.13. The molecule has 2 rings (SSSR count). The van der Waals surface area contributed by atoms with Crippen LogP contribution in [-0.4, -0.2) is 24.0 Å². The molecule has 136 valence electrons. The normalized spacial score (nSPS) is 11.3. The van der Waals surface area contributed by atoms with E-state index in [0.29, 0.717) is 0 Å². The molecule has 26 heavy (non-hydrogen) atoms. The first-order chi connectivity index (χ1) is 12.5. The summed E-state index contributed by atoms with van der Waals surface area (Å²) in [6.45, 7) is 1.58. The molecule has 2 N–H and O–H groups in total. The molecule has 6 nitrogen and oxygen atoms in total. The molecular formula is C19H19FN2O4. The lowest BCUT2D eigenvalue weighted by atomic mass is 10.1. The summed E-state index contributed by atoms with van der Waals surface area (Å²) in [4.78, 5) is 35.4. The molecule has 7 heteroatoms. The zero-order valence-electron chi connectivity index (χ0n) is 14.2. The summed E-state index contributed by atoms with van der Waals surface area (Å²) in [6, 6.07) is 14.3. The van der Waals surface area contributed by atoms with Gasteiger partial charge in [0.1, 0.15) is 5.82 Å². The highest BCUT2D eigenvalue weighted by Crippen LogP contribution is 2.08. The summed E-state index contributed by atoms with van der Waals surface area (Å²) < 4.78 is 18.4. The summed E-state index contributed by atoms with van der Waals surface area (Å²) in [5.74, 6) is -2.05. The van der Waals surface area contributed by atoms with E-state index in [2.05, 4.69) is 10.6 Å². The van der Waals surface area contributed by atoms with Crippen molar-refractivity contribution in [3.05, 3.63) is 71.5 Å². The summed E-state index contributed by atoms with van der Waals surface area (Å²) >= 11 is 0. The van der Waals surface area contributed by atoms with Crippen LogP contribution in [0.15, 0.2) is 54.6 Å². The van der Waals surface area contributed by atoms with E-state index in [1.54, 1.807) is 6.07 Å². The van der Waals surface area contributed by atoms with Crippen LogP contribution in [0.1, 0.15) is 18.1 Å². The van der Waals surface area contributed by atoms with E-state index in [4.69, 9.17) is 4.74 Å². The zero-order chi connectivity index (χ0) is 18.9. The van der Waals surface area contributed by atoms with E-state index in [0.717, 1.165) is 5.56 Å². The van der Waals surface area contributed by atoms with Crippen LogP contribution in [0.2, 0.25) is 0 Å². The first kappa shape index (κ1) is 19.1. The number of halogens is 1. The van der Waals surface area contributed by atoms with E-state index < -0.39 is 29.8 Å². The van der Waals surface area contributed by atoms with Crippen LogP contribution in [0.4, 0.5) is 9.18 Å². The van der Waals surface area contributed by atoms with Crippen LogP contribution in [-0.2, 0) is 27.3 Å². The topological polar surface area (TPSA) is 84.5 Å². The number of carbonyl (C=O) groups is 3. The summed E-state index contributed by atoms with van der Waals surface area (Å²) in [6.07, 6.45) is -1.48. The van der Waals surface area contributed by atoms with Crippen LogP contribution < -0.4 is 10.6 Å². The number of hydrogen-bond acceptors (Lipinski definition) is 4. The molecule has 0 heterocycles. The third kappa shape index (κ3) is 6.01. The number of hydrogen-bond donors (Lipinski definition) is 2. The van der Waals surface area contributed by atoms with Gasteiger partial charge in [0.25, 0.3) is 5.91 Å². The summed E-state index contributed by atoms with van der Waals surface area (Å²) in [5.41, 5.74) is 1.05. The first-order valence-corrected chi connectivity index (χ1v) is 8.01. The average molecular weight is 358 g/mol. The predicted octanol–water partition coefficient (Wildman–Crippen LogP) is 2.33. The molecule has 0 saturated carbocycles. The minimum absolute atomic E-state index is 0.172. The maximum Gasteiger partial charge on any atom is 0.321 e. The first-order valence-electron chi connectivity index (χ1n) is 8.01. The van der Waals surface area contributed by atoms with Crippen molar-refractivity contribution < 1.29 is 23.5 Å². The molecule has 0 spiro atoms. The van der Waals surface area contributed by atoms with Crippen LogP contribution >= 0.6 is 0 Å². The van der Waals surface area contributed by atoms with Gasteiger partial charge in [-0.25, -0.2) is 9.18 Å². The second-order valence-electron chi connectivity index (χ2n) is 5.56. The third-order valence-electron chi connectivity index (χ3n) is 3.50. The van der Waals surface area contributed by atoms with Gasteiger partial charge in [0, 0.05) is 6.54 Å². The third-order valence-corrected chi connectivity index (χ3v) is 3.50. The van der Waals surface area contributed by atoms with Crippen LogP contribution in [0.5, 0.6) is 0 Å². The van der Waals surface area contributed by atoms with Crippen molar-refractivity contribution in [3.8, 4) is 0 Å². The van der Waals surface area contributed by atoms with Crippen molar-refractivity contribution in [1.29, 1.82) is 0 Å². The summed E-state index contributed by atoms with van der Waals surface area (Å²) in [7, 11) is 0. The monoisotopic (exact) mass is 358 g/mol. The molecule has 0 aliphatic carbocycles. The molecule has 0 saturated heterocycles. The van der Waals surface area contributed by atoms with Gasteiger partial charge in [-0.15, -0.1) is 0 Å². The van der Waals surface area contributed by atoms with E-state index >= 15 is 0 Å². The number of nitrogens with one attached hydrogen (secondary N) is 2. The highest BCUT2D eigenvalue weighted by Gasteiger charge is 2.20. The van der Waals surface area contributed by atoms with Crippen molar-refractivity contribution in [2.24, 2.45) is 0 Å². The van der Waals surface area contributed by atoms with E-state index in [1.807, 2.05) is 30.3 Å². The van der Waals surface area contributed by atoms with E-state index in [9.17, 15) is 18.8 Å². The number of ether oxygens (including phenoxy) is 1. The number of imide groups is 1. The molecule has 3 amide bonds. The van der Waals surface area contributed by atoms with Gasteiger partial charge in [-0.3, -0.25) is 14.9 Å². The molecule has 0 aliphatic rings. The molecule has 1 atom stereocenters. The Labute approximate surface area is 150 Å². The fourth-order valence-electron chi connectivity index (χ4n) is 2.13.